The summed E-state index contributed by atoms with van der Waals surface area (Å²) in [4.78, 5) is 11.3. The number of nitrogens with zero attached hydrogens (tertiary/aromatic N) is 4. The fraction of sp³-hybridized carbons (Fsp3) is 0.182. The molecule has 0 aliphatic carbocycles. The number of carbonyl (C=O) groups is 1. The van der Waals surface area contributed by atoms with Crippen LogP contribution in [0, 0.1) is 0 Å². The molecule has 1 amide bonds. The Hall–Kier alpha value is -3.74. The Morgan fingerprint density at radius 1 is 1.14 bits per heavy atom. The van der Waals surface area contributed by atoms with E-state index < -0.39 is 0 Å². The third-order valence-corrected chi connectivity index (χ3v) is 4.89. The summed E-state index contributed by atoms with van der Waals surface area (Å²) in [5, 5.41) is 23.9. The normalized spacial score (nSPS) is 14.7. The van der Waals surface area contributed by atoms with Crippen molar-refractivity contribution in [2.75, 3.05) is 0 Å². The van der Waals surface area contributed by atoms with Crippen LogP contribution in [0.25, 0.3) is 10.9 Å². The van der Waals surface area contributed by atoms with E-state index in [0.717, 1.165) is 27.7 Å². The van der Waals surface area contributed by atoms with Crippen molar-refractivity contribution in [2.45, 2.75) is 26.3 Å². The number of aromatic nitrogens is 1. The van der Waals surface area contributed by atoms with Gasteiger partial charge in [-0.25, -0.2) is 5.43 Å². The molecular formula is C22H21N5O2. The number of hydrogen-bond acceptors (Lipinski definition) is 5. The lowest BCUT2D eigenvalue weighted by molar-refractivity contribution is -0.121. The topological polar surface area (TPSA) is 91.3 Å². The summed E-state index contributed by atoms with van der Waals surface area (Å²) in [6, 6.07) is 15.6. The van der Waals surface area contributed by atoms with Gasteiger partial charge in [0.1, 0.15) is 0 Å². The van der Waals surface area contributed by atoms with E-state index in [0.29, 0.717) is 24.9 Å². The molecule has 1 aliphatic heterocycles. The van der Waals surface area contributed by atoms with Gasteiger partial charge in [0.05, 0.1) is 29.2 Å². The average molecular weight is 387 g/mol. The molecule has 0 unspecified atom stereocenters. The maximum Gasteiger partial charge on any atom is 0.240 e. The summed E-state index contributed by atoms with van der Waals surface area (Å²) in [7, 11) is 0. The molecule has 1 aromatic heterocycles. The fourth-order valence-corrected chi connectivity index (χ4v) is 3.40. The van der Waals surface area contributed by atoms with E-state index in [1.165, 1.54) is 0 Å². The van der Waals surface area contributed by atoms with Gasteiger partial charge in [-0.15, -0.1) is 0 Å². The monoisotopic (exact) mass is 387 g/mol. The number of fused-ring (bicyclic) bond motifs is 1. The minimum atomic E-state index is -0.0704. The summed E-state index contributed by atoms with van der Waals surface area (Å²) in [5.41, 5.74) is 6.75. The van der Waals surface area contributed by atoms with Crippen LogP contribution in [-0.2, 0) is 11.3 Å². The van der Waals surface area contributed by atoms with E-state index >= 15 is 0 Å². The summed E-state index contributed by atoms with van der Waals surface area (Å²) in [6.07, 6.45) is 4.26. The number of nitrogens with one attached hydrogen (secondary N) is 1. The van der Waals surface area contributed by atoms with Crippen molar-refractivity contribution < 1.29 is 9.90 Å². The van der Waals surface area contributed by atoms with Crippen molar-refractivity contribution in [3.05, 3.63) is 65.2 Å². The molecule has 0 saturated heterocycles. The van der Waals surface area contributed by atoms with Crippen molar-refractivity contribution in [3.8, 4) is 5.88 Å². The maximum atomic E-state index is 11.3. The van der Waals surface area contributed by atoms with E-state index in [9.17, 15) is 9.90 Å². The van der Waals surface area contributed by atoms with Gasteiger partial charge in [-0.05, 0) is 24.1 Å². The molecule has 7 heteroatoms. The molecule has 1 aliphatic rings. The number of hydrogen-bond donors (Lipinski definition) is 2. The zero-order chi connectivity index (χ0) is 20.2. The first kappa shape index (κ1) is 18.6. The molecule has 0 fully saturated rings. The third kappa shape index (κ3) is 3.80. The summed E-state index contributed by atoms with van der Waals surface area (Å²) in [6.45, 7) is 2.58. The van der Waals surface area contributed by atoms with Gasteiger partial charge in [0, 0.05) is 24.8 Å². The minimum absolute atomic E-state index is 0.0704. The summed E-state index contributed by atoms with van der Waals surface area (Å²) >= 11 is 0. The number of aromatic hydroxyl groups is 1. The second-order valence-corrected chi connectivity index (χ2v) is 6.71. The van der Waals surface area contributed by atoms with Gasteiger partial charge in [-0.3, -0.25) is 4.79 Å². The van der Waals surface area contributed by atoms with E-state index in [2.05, 4.69) is 20.7 Å². The summed E-state index contributed by atoms with van der Waals surface area (Å²) in [5.74, 6) is 0.0798. The smallest absolute Gasteiger partial charge is 0.240 e. The highest BCUT2D eigenvalue weighted by Gasteiger charge is 2.18. The van der Waals surface area contributed by atoms with Crippen LogP contribution in [0.2, 0.25) is 0 Å². The van der Waals surface area contributed by atoms with Crippen LogP contribution in [-0.4, -0.2) is 33.7 Å². The van der Waals surface area contributed by atoms with Gasteiger partial charge in [-0.1, -0.05) is 42.5 Å². The van der Waals surface area contributed by atoms with Gasteiger partial charge < -0.3 is 9.67 Å². The van der Waals surface area contributed by atoms with Gasteiger partial charge >= 0.3 is 0 Å². The molecule has 0 atom stereocenters. The quantitative estimate of drug-likeness (QED) is 0.519. The van der Waals surface area contributed by atoms with Crippen molar-refractivity contribution >= 4 is 35.0 Å². The SMILES string of the molecule is CCn1c(O)c(C=N/N=C\c2ccccc2)c2ccc(C3=NNC(=O)CC3)cc21. The predicted molar refractivity (Wildman–Crippen MR) is 115 cm³/mol. The number of amides is 1. The van der Waals surface area contributed by atoms with Crippen molar-refractivity contribution in [1.29, 1.82) is 0 Å². The highest BCUT2D eigenvalue weighted by atomic mass is 16.3. The van der Waals surface area contributed by atoms with E-state index in [4.69, 9.17) is 0 Å². The van der Waals surface area contributed by atoms with Crippen LogP contribution < -0.4 is 5.43 Å². The van der Waals surface area contributed by atoms with Gasteiger partial charge in [0.25, 0.3) is 0 Å². The van der Waals surface area contributed by atoms with Crippen molar-refractivity contribution in [3.63, 3.8) is 0 Å². The molecule has 0 saturated carbocycles. The highest BCUT2D eigenvalue weighted by Crippen LogP contribution is 2.31. The van der Waals surface area contributed by atoms with Crippen LogP contribution in [0.4, 0.5) is 0 Å². The zero-order valence-electron chi connectivity index (χ0n) is 16.0. The van der Waals surface area contributed by atoms with Crippen molar-refractivity contribution in [1.82, 2.24) is 9.99 Å². The van der Waals surface area contributed by atoms with E-state index in [-0.39, 0.29) is 11.8 Å². The predicted octanol–water partition coefficient (Wildman–Crippen LogP) is 3.43. The zero-order valence-corrected chi connectivity index (χ0v) is 16.0. The van der Waals surface area contributed by atoms with Crippen LogP contribution in [0.1, 0.15) is 36.5 Å². The number of benzene rings is 2. The molecule has 2 aromatic carbocycles. The first-order valence-corrected chi connectivity index (χ1v) is 9.50. The minimum Gasteiger partial charge on any atom is -0.494 e. The average Bonchev–Trinajstić information content (AvgIpc) is 3.02. The van der Waals surface area contributed by atoms with Crippen LogP contribution in [0.3, 0.4) is 0 Å². The molecule has 7 nitrogen and oxygen atoms in total. The molecule has 2 heterocycles. The molecule has 29 heavy (non-hydrogen) atoms. The Bertz CT molecular complexity index is 1140. The lowest BCUT2D eigenvalue weighted by atomic mass is 10.0. The number of aryl methyl sites for hydroxylation is 1. The third-order valence-electron chi connectivity index (χ3n) is 4.89. The molecule has 3 aromatic rings. The first-order valence-electron chi connectivity index (χ1n) is 9.50. The number of carbonyl (C=O) groups excluding carboxylic acids is 1. The standard InChI is InChI=1S/C22H21N5O2/c1-2-27-20-12-16(19-10-11-21(28)26-25-19)8-9-17(20)18(22(27)29)14-24-23-13-15-6-4-3-5-7-15/h3-9,12-14,29H,2,10-11H2,1H3,(H,26,28)/b23-13-,24-14?. The van der Waals surface area contributed by atoms with Gasteiger partial charge in [-0.2, -0.15) is 15.3 Å². The lowest BCUT2D eigenvalue weighted by Gasteiger charge is -2.12. The molecule has 0 radical (unpaired) electrons. The number of hydrazone groups is 1. The second kappa shape index (κ2) is 8.10. The Morgan fingerprint density at radius 2 is 1.93 bits per heavy atom. The Kier molecular flexibility index (Phi) is 5.20. The van der Waals surface area contributed by atoms with E-state index in [1.807, 2.05) is 60.0 Å². The number of rotatable bonds is 5. The Labute approximate surface area is 168 Å². The first-order chi connectivity index (χ1) is 14.2. The van der Waals surface area contributed by atoms with Gasteiger partial charge in [0.15, 0.2) is 0 Å². The molecular weight excluding hydrogens is 366 g/mol. The molecule has 4 rings (SSSR count). The Morgan fingerprint density at radius 3 is 2.66 bits per heavy atom. The highest BCUT2D eigenvalue weighted by molar-refractivity contribution is 6.09. The Balaban J connectivity index is 1.68. The largest absolute Gasteiger partial charge is 0.494 e. The molecule has 0 spiro atoms. The molecule has 146 valence electrons. The fourth-order valence-electron chi connectivity index (χ4n) is 3.40. The summed E-state index contributed by atoms with van der Waals surface area (Å²) < 4.78 is 1.82. The van der Waals surface area contributed by atoms with E-state index in [1.54, 1.807) is 12.4 Å². The van der Waals surface area contributed by atoms with Crippen LogP contribution in [0.15, 0.2) is 63.8 Å². The van der Waals surface area contributed by atoms with Gasteiger partial charge in [0.2, 0.25) is 11.8 Å². The molecule has 2 N–H and O–H groups in total. The lowest BCUT2D eigenvalue weighted by Crippen LogP contribution is -2.25. The van der Waals surface area contributed by atoms with Crippen LogP contribution in [0.5, 0.6) is 5.88 Å². The molecule has 0 bridgehead atoms. The van der Waals surface area contributed by atoms with Crippen molar-refractivity contribution in [2.24, 2.45) is 15.3 Å². The maximum absolute atomic E-state index is 11.3. The second-order valence-electron chi connectivity index (χ2n) is 6.71. The van der Waals surface area contributed by atoms with Crippen LogP contribution >= 0.6 is 0 Å².